The molecule has 1 unspecified atom stereocenters. The lowest BCUT2D eigenvalue weighted by molar-refractivity contribution is 0.337. The zero-order valence-corrected chi connectivity index (χ0v) is 13.2. The molecule has 5 heteroatoms. The third-order valence-corrected chi connectivity index (χ3v) is 5.53. The van der Waals surface area contributed by atoms with Gasteiger partial charge in [-0.25, -0.2) is 8.42 Å². The molecule has 0 heterocycles. The van der Waals surface area contributed by atoms with Crippen molar-refractivity contribution in [2.45, 2.75) is 45.1 Å². The van der Waals surface area contributed by atoms with Gasteiger partial charge in [0, 0.05) is 18.8 Å². The Morgan fingerprint density at radius 2 is 1.84 bits per heavy atom. The topological polar surface area (TPSA) is 63.4 Å². The summed E-state index contributed by atoms with van der Waals surface area (Å²) in [7, 11) is -1.85. The van der Waals surface area contributed by atoms with Crippen LogP contribution in [0.4, 0.5) is 5.69 Å². The predicted molar refractivity (Wildman–Crippen MR) is 79.5 cm³/mol. The van der Waals surface area contributed by atoms with E-state index in [-0.39, 0.29) is 6.04 Å². The number of anilines is 1. The van der Waals surface area contributed by atoms with Gasteiger partial charge >= 0.3 is 0 Å². The van der Waals surface area contributed by atoms with Crippen LogP contribution in [0.2, 0.25) is 0 Å². The minimum Gasteiger partial charge on any atom is -0.398 e. The largest absolute Gasteiger partial charge is 0.398 e. The molecule has 2 N–H and O–H groups in total. The van der Waals surface area contributed by atoms with Crippen LogP contribution >= 0.6 is 0 Å². The zero-order valence-electron chi connectivity index (χ0n) is 12.3. The van der Waals surface area contributed by atoms with Gasteiger partial charge in [-0.1, -0.05) is 19.9 Å². The van der Waals surface area contributed by atoms with E-state index in [2.05, 4.69) is 13.8 Å². The molecule has 0 aromatic heterocycles. The van der Waals surface area contributed by atoms with E-state index in [0.717, 1.165) is 6.42 Å². The monoisotopic (exact) mass is 284 g/mol. The third kappa shape index (κ3) is 3.48. The Hall–Kier alpha value is -1.07. The van der Waals surface area contributed by atoms with Crippen LogP contribution in [-0.4, -0.2) is 25.8 Å². The number of rotatable bonds is 5. The molecule has 1 aromatic carbocycles. The molecule has 1 aromatic rings. The molecule has 0 bridgehead atoms. The van der Waals surface area contributed by atoms with Crippen LogP contribution in [-0.2, 0) is 10.0 Å². The summed E-state index contributed by atoms with van der Waals surface area (Å²) in [6.07, 6.45) is 0.830. The maximum Gasteiger partial charge on any atom is 0.243 e. The fraction of sp³-hybridized carbons (Fsp3) is 0.571. The molecule has 1 atom stereocenters. The third-order valence-electron chi connectivity index (χ3n) is 3.42. The quantitative estimate of drug-likeness (QED) is 0.845. The minimum absolute atomic E-state index is 0.0363. The zero-order chi connectivity index (χ0) is 14.8. The number of nitrogens with zero attached hydrogens (tertiary/aromatic N) is 1. The van der Waals surface area contributed by atoms with E-state index < -0.39 is 10.0 Å². The number of hydrogen-bond donors (Lipinski definition) is 1. The Bertz CT molecular complexity index is 538. The van der Waals surface area contributed by atoms with Gasteiger partial charge in [0.25, 0.3) is 0 Å². The normalized spacial score (nSPS) is 14.1. The summed E-state index contributed by atoms with van der Waals surface area (Å²) in [4.78, 5) is 0.297. The van der Waals surface area contributed by atoms with Crippen molar-refractivity contribution >= 4 is 15.7 Å². The van der Waals surface area contributed by atoms with Crippen LogP contribution in [0.3, 0.4) is 0 Å². The van der Waals surface area contributed by atoms with Crippen LogP contribution in [0.25, 0.3) is 0 Å². The summed E-state index contributed by atoms with van der Waals surface area (Å²) in [5.41, 5.74) is 6.91. The fourth-order valence-corrected chi connectivity index (χ4v) is 3.76. The molecule has 0 amide bonds. The van der Waals surface area contributed by atoms with Gasteiger partial charge in [0.05, 0.1) is 4.90 Å². The number of nitrogen functional groups attached to an aromatic ring is 1. The maximum atomic E-state index is 12.6. The molecule has 0 aliphatic heterocycles. The van der Waals surface area contributed by atoms with Crippen molar-refractivity contribution in [1.29, 1.82) is 0 Å². The van der Waals surface area contributed by atoms with Crippen molar-refractivity contribution in [2.24, 2.45) is 5.92 Å². The first-order valence-electron chi connectivity index (χ1n) is 6.51. The van der Waals surface area contributed by atoms with Crippen LogP contribution in [0.5, 0.6) is 0 Å². The average molecular weight is 284 g/mol. The summed E-state index contributed by atoms with van der Waals surface area (Å²) in [6, 6.07) is 4.97. The summed E-state index contributed by atoms with van der Waals surface area (Å²) in [5.74, 6) is 0.453. The van der Waals surface area contributed by atoms with E-state index in [1.165, 1.54) is 4.31 Å². The molecule has 0 saturated carbocycles. The van der Waals surface area contributed by atoms with E-state index in [9.17, 15) is 8.42 Å². The lowest BCUT2D eigenvalue weighted by Gasteiger charge is -2.26. The van der Waals surface area contributed by atoms with E-state index >= 15 is 0 Å². The smallest absolute Gasteiger partial charge is 0.243 e. The number of benzene rings is 1. The van der Waals surface area contributed by atoms with Gasteiger partial charge in [-0.15, -0.1) is 0 Å². The molecule has 0 radical (unpaired) electrons. The Labute approximate surface area is 116 Å². The first-order chi connectivity index (χ1) is 8.67. The second kappa shape index (κ2) is 5.92. The second-order valence-corrected chi connectivity index (χ2v) is 7.44. The van der Waals surface area contributed by atoms with Crippen LogP contribution in [0, 0.1) is 12.8 Å². The molecular weight excluding hydrogens is 260 g/mol. The highest BCUT2D eigenvalue weighted by Gasteiger charge is 2.27. The molecule has 1 rings (SSSR count). The fourth-order valence-electron chi connectivity index (χ4n) is 2.13. The molecule has 0 saturated heterocycles. The van der Waals surface area contributed by atoms with Crippen LogP contribution < -0.4 is 5.73 Å². The van der Waals surface area contributed by atoms with Crippen molar-refractivity contribution in [3.63, 3.8) is 0 Å². The highest BCUT2D eigenvalue weighted by molar-refractivity contribution is 7.89. The second-order valence-electron chi connectivity index (χ2n) is 5.47. The van der Waals surface area contributed by atoms with E-state index in [4.69, 9.17) is 5.73 Å². The van der Waals surface area contributed by atoms with Gasteiger partial charge < -0.3 is 5.73 Å². The van der Waals surface area contributed by atoms with Gasteiger partial charge in [-0.2, -0.15) is 4.31 Å². The molecule has 19 heavy (non-hydrogen) atoms. The lowest BCUT2D eigenvalue weighted by Crippen LogP contribution is -2.36. The predicted octanol–water partition coefficient (Wildman–Crippen LogP) is 2.63. The highest BCUT2D eigenvalue weighted by atomic mass is 32.2. The van der Waals surface area contributed by atoms with Gasteiger partial charge in [0.2, 0.25) is 10.0 Å². The Morgan fingerprint density at radius 3 is 2.37 bits per heavy atom. The lowest BCUT2D eigenvalue weighted by atomic mass is 10.1. The summed E-state index contributed by atoms with van der Waals surface area (Å²) in [6.45, 7) is 7.84. The van der Waals surface area contributed by atoms with Gasteiger partial charge in [0.1, 0.15) is 0 Å². The van der Waals surface area contributed by atoms with Crippen molar-refractivity contribution < 1.29 is 8.42 Å². The van der Waals surface area contributed by atoms with Crippen LogP contribution in [0.15, 0.2) is 23.1 Å². The van der Waals surface area contributed by atoms with Crippen molar-refractivity contribution in [1.82, 2.24) is 4.31 Å². The molecular formula is C14H24N2O2S. The number of sulfonamides is 1. The van der Waals surface area contributed by atoms with Gasteiger partial charge in [-0.05, 0) is 43.9 Å². The van der Waals surface area contributed by atoms with E-state index in [1.54, 1.807) is 32.2 Å². The Morgan fingerprint density at radius 1 is 1.26 bits per heavy atom. The van der Waals surface area contributed by atoms with Crippen molar-refractivity contribution in [2.75, 3.05) is 12.8 Å². The SMILES string of the molecule is Cc1c(N)cccc1S(=O)(=O)N(C)C(C)CC(C)C. The van der Waals surface area contributed by atoms with Crippen molar-refractivity contribution in [3.05, 3.63) is 23.8 Å². The Balaban J connectivity index is 3.13. The van der Waals surface area contributed by atoms with Crippen molar-refractivity contribution in [3.8, 4) is 0 Å². The molecule has 0 aliphatic rings. The van der Waals surface area contributed by atoms with Crippen LogP contribution in [0.1, 0.15) is 32.8 Å². The maximum absolute atomic E-state index is 12.6. The van der Waals surface area contributed by atoms with Gasteiger partial charge in [-0.3, -0.25) is 0 Å². The first-order valence-corrected chi connectivity index (χ1v) is 7.95. The van der Waals surface area contributed by atoms with Gasteiger partial charge in [0.15, 0.2) is 0 Å². The molecule has 0 aliphatic carbocycles. The standard InChI is InChI=1S/C14H24N2O2S/c1-10(2)9-11(3)16(5)19(17,18)14-8-6-7-13(15)12(14)4/h6-8,10-11H,9,15H2,1-5H3. The average Bonchev–Trinajstić information content (AvgIpc) is 2.30. The summed E-state index contributed by atoms with van der Waals surface area (Å²) >= 11 is 0. The van der Waals surface area contributed by atoms with E-state index in [0.29, 0.717) is 22.1 Å². The molecule has 108 valence electrons. The Kier molecular flexibility index (Phi) is 4.98. The summed E-state index contributed by atoms with van der Waals surface area (Å²) < 4.78 is 26.6. The minimum atomic E-state index is -3.48. The molecule has 0 spiro atoms. The number of nitrogens with two attached hydrogens (primary N) is 1. The molecule has 4 nitrogen and oxygen atoms in total. The molecule has 0 fully saturated rings. The first kappa shape index (κ1) is 16.0. The summed E-state index contributed by atoms with van der Waals surface area (Å²) in [5, 5.41) is 0. The number of hydrogen-bond acceptors (Lipinski definition) is 3. The highest BCUT2D eigenvalue weighted by Crippen LogP contribution is 2.25. The van der Waals surface area contributed by atoms with E-state index in [1.807, 2.05) is 6.92 Å².